The van der Waals surface area contributed by atoms with Gasteiger partial charge in [0, 0.05) is 26.1 Å². The second-order valence-corrected chi connectivity index (χ2v) is 7.92. The van der Waals surface area contributed by atoms with Crippen LogP contribution in [0.5, 0.6) is 0 Å². The van der Waals surface area contributed by atoms with E-state index >= 15 is 0 Å². The Morgan fingerprint density at radius 2 is 1.80 bits per heavy atom. The Kier molecular flexibility index (Phi) is 7.46. The minimum Gasteiger partial charge on any atom is -0.384 e. The molecule has 160 valence electrons. The van der Waals surface area contributed by atoms with Crippen molar-refractivity contribution in [3.8, 4) is 0 Å². The summed E-state index contributed by atoms with van der Waals surface area (Å²) in [4.78, 5) is 18.3. The van der Waals surface area contributed by atoms with E-state index in [9.17, 15) is 9.90 Å². The molecule has 1 aliphatic heterocycles. The Bertz CT molecular complexity index is 847. The highest BCUT2D eigenvalue weighted by Crippen LogP contribution is 2.19. The van der Waals surface area contributed by atoms with E-state index in [0.29, 0.717) is 32.0 Å². The first-order valence-corrected chi connectivity index (χ1v) is 10.6. The Hall–Kier alpha value is -2.86. The average molecular weight is 409 g/mol. The number of hydrogen-bond donors (Lipinski definition) is 3. The fourth-order valence-corrected chi connectivity index (χ4v) is 3.51. The van der Waals surface area contributed by atoms with Crippen molar-refractivity contribution in [1.29, 1.82) is 0 Å². The lowest BCUT2D eigenvalue weighted by Crippen LogP contribution is -2.44. The van der Waals surface area contributed by atoms with Crippen LogP contribution in [0.25, 0.3) is 0 Å². The predicted molar refractivity (Wildman–Crippen MR) is 120 cm³/mol. The van der Waals surface area contributed by atoms with Crippen LogP contribution >= 0.6 is 0 Å². The average Bonchev–Trinajstić information content (AvgIpc) is 3.16. The molecule has 0 aromatic heterocycles. The van der Waals surface area contributed by atoms with Crippen LogP contribution in [0, 0.1) is 0 Å². The third-order valence-electron chi connectivity index (χ3n) is 5.33. The lowest BCUT2D eigenvalue weighted by molar-refractivity contribution is -0.128. The molecule has 0 saturated carbocycles. The summed E-state index contributed by atoms with van der Waals surface area (Å²) in [6.45, 7) is 6.97. The Balaban J connectivity index is 1.56. The maximum Gasteiger partial charge on any atom is 0.222 e. The van der Waals surface area contributed by atoms with E-state index in [1.54, 1.807) is 6.92 Å². The molecule has 3 N–H and O–H groups in total. The van der Waals surface area contributed by atoms with Gasteiger partial charge < -0.3 is 20.6 Å². The van der Waals surface area contributed by atoms with E-state index in [4.69, 9.17) is 0 Å². The van der Waals surface area contributed by atoms with Gasteiger partial charge in [0.25, 0.3) is 0 Å². The first kappa shape index (κ1) is 21.8. The number of rotatable bonds is 8. The third-order valence-corrected chi connectivity index (χ3v) is 5.33. The van der Waals surface area contributed by atoms with Crippen LogP contribution in [0.1, 0.15) is 43.4 Å². The molecule has 1 heterocycles. The van der Waals surface area contributed by atoms with Gasteiger partial charge in [-0.1, -0.05) is 54.6 Å². The summed E-state index contributed by atoms with van der Waals surface area (Å²) >= 11 is 0. The predicted octanol–water partition coefficient (Wildman–Crippen LogP) is 2.77. The number of carbonyl (C=O) groups is 1. The minimum atomic E-state index is -0.994. The Labute approximate surface area is 179 Å². The highest BCUT2D eigenvalue weighted by molar-refractivity contribution is 5.80. The number of guanidine groups is 1. The van der Waals surface area contributed by atoms with Gasteiger partial charge in [0.05, 0.1) is 13.1 Å². The third kappa shape index (κ3) is 6.07. The summed E-state index contributed by atoms with van der Waals surface area (Å²) in [6.07, 6.45) is 1.63. The normalized spacial score (nSPS) is 16.4. The maximum absolute atomic E-state index is 11.8. The van der Waals surface area contributed by atoms with Gasteiger partial charge in [0.1, 0.15) is 5.60 Å². The molecular weight excluding hydrogens is 376 g/mol. The second kappa shape index (κ2) is 10.3. The summed E-state index contributed by atoms with van der Waals surface area (Å²) in [5, 5.41) is 17.2. The summed E-state index contributed by atoms with van der Waals surface area (Å²) in [7, 11) is 0. The summed E-state index contributed by atoms with van der Waals surface area (Å²) < 4.78 is 0. The van der Waals surface area contributed by atoms with E-state index in [1.165, 1.54) is 0 Å². The molecule has 0 bridgehead atoms. The second-order valence-electron chi connectivity index (χ2n) is 7.92. The molecule has 6 heteroatoms. The van der Waals surface area contributed by atoms with Gasteiger partial charge in [0.2, 0.25) is 5.91 Å². The molecule has 2 aromatic rings. The number of nitrogens with zero attached hydrogens (tertiary/aromatic N) is 2. The minimum absolute atomic E-state index is 0.247. The van der Waals surface area contributed by atoms with Gasteiger partial charge in [-0.25, -0.2) is 4.99 Å². The molecule has 1 aliphatic rings. The molecule has 0 spiro atoms. The lowest BCUT2D eigenvalue weighted by atomic mass is 9.96. The van der Waals surface area contributed by atoms with Crippen molar-refractivity contribution in [2.75, 3.05) is 19.6 Å². The molecule has 6 nitrogen and oxygen atoms in total. The van der Waals surface area contributed by atoms with E-state index in [-0.39, 0.29) is 5.91 Å². The summed E-state index contributed by atoms with van der Waals surface area (Å²) in [6, 6.07) is 17.9. The number of hydrogen-bond acceptors (Lipinski definition) is 3. The molecule has 2 aromatic carbocycles. The van der Waals surface area contributed by atoms with Crippen molar-refractivity contribution < 1.29 is 9.90 Å². The zero-order chi connectivity index (χ0) is 21.4. The van der Waals surface area contributed by atoms with Gasteiger partial charge in [-0.2, -0.15) is 0 Å². The molecule has 30 heavy (non-hydrogen) atoms. The summed E-state index contributed by atoms with van der Waals surface area (Å²) in [5.41, 5.74) is 2.10. The van der Waals surface area contributed by atoms with Crippen LogP contribution in [-0.4, -0.2) is 41.5 Å². The first-order valence-electron chi connectivity index (χ1n) is 10.6. The number of nitrogens with one attached hydrogen (secondary N) is 2. The van der Waals surface area contributed by atoms with E-state index < -0.39 is 5.60 Å². The largest absolute Gasteiger partial charge is 0.384 e. The maximum atomic E-state index is 11.8. The Morgan fingerprint density at radius 3 is 2.43 bits per heavy atom. The molecule has 1 fully saturated rings. The number of likely N-dealkylation sites (tertiary alicyclic amines) is 1. The smallest absolute Gasteiger partial charge is 0.222 e. The molecule has 3 rings (SSSR count). The number of amides is 1. The van der Waals surface area contributed by atoms with E-state index in [1.807, 2.05) is 42.2 Å². The molecule has 0 aliphatic carbocycles. The summed E-state index contributed by atoms with van der Waals surface area (Å²) in [5.74, 6) is 0.914. The Morgan fingerprint density at radius 1 is 1.10 bits per heavy atom. The van der Waals surface area contributed by atoms with Crippen LogP contribution < -0.4 is 10.6 Å². The molecule has 0 radical (unpaired) electrons. The standard InChI is InChI=1S/C24H32N4O2/c1-3-25-23(27-18-24(2,30)21-8-5-4-6-9-21)26-16-19-11-13-20(14-12-19)17-28-15-7-10-22(28)29/h4-6,8-9,11-14,30H,3,7,10,15-18H2,1-2H3,(H2,25,26,27). The van der Waals surface area contributed by atoms with Crippen molar-refractivity contribution in [2.24, 2.45) is 4.99 Å². The number of carbonyl (C=O) groups excluding carboxylic acids is 1. The molecular formula is C24H32N4O2. The van der Waals surface area contributed by atoms with E-state index in [0.717, 1.165) is 36.2 Å². The number of aliphatic hydroxyl groups is 1. The van der Waals surface area contributed by atoms with Crippen molar-refractivity contribution in [1.82, 2.24) is 15.5 Å². The zero-order valence-corrected chi connectivity index (χ0v) is 17.9. The molecule has 1 saturated heterocycles. The monoisotopic (exact) mass is 408 g/mol. The number of benzene rings is 2. The van der Waals surface area contributed by atoms with Crippen LogP contribution in [0.4, 0.5) is 0 Å². The fourth-order valence-electron chi connectivity index (χ4n) is 3.51. The van der Waals surface area contributed by atoms with Crippen LogP contribution in [0.2, 0.25) is 0 Å². The highest BCUT2D eigenvalue weighted by atomic mass is 16.3. The van der Waals surface area contributed by atoms with Crippen LogP contribution in [0.15, 0.2) is 59.6 Å². The van der Waals surface area contributed by atoms with Gasteiger partial charge in [-0.15, -0.1) is 0 Å². The van der Waals surface area contributed by atoms with Crippen molar-refractivity contribution in [3.63, 3.8) is 0 Å². The van der Waals surface area contributed by atoms with Crippen molar-refractivity contribution in [2.45, 2.75) is 45.4 Å². The lowest BCUT2D eigenvalue weighted by Gasteiger charge is -2.25. The molecule has 1 atom stereocenters. The van der Waals surface area contributed by atoms with Gasteiger partial charge in [-0.05, 0) is 37.0 Å². The molecule has 1 amide bonds. The quantitative estimate of drug-likeness (QED) is 0.464. The van der Waals surface area contributed by atoms with Gasteiger partial charge in [-0.3, -0.25) is 4.79 Å². The number of aliphatic imine (C=N–C) groups is 1. The first-order chi connectivity index (χ1) is 14.5. The van der Waals surface area contributed by atoms with E-state index in [2.05, 4.69) is 39.9 Å². The van der Waals surface area contributed by atoms with Gasteiger partial charge in [0.15, 0.2) is 5.96 Å². The molecule has 1 unspecified atom stereocenters. The van der Waals surface area contributed by atoms with Crippen LogP contribution in [0.3, 0.4) is 0 Å². The van der Waals surface area contributed by atoms with Crippen molar-refractivity contribution in [3.05, 3.63) is 71.3 Å². The fraction of sp³-hybridized carbons (Fsp3) is 0.417. The van der Waals surface area contributed by atoms with Gasteiger partial charge >= 0.3 is 0 Å². The van der Waals surface area contributed by atoms with Crippen LogP contribution in [-0.2, 0) is 23.5 Å². The zero-order valence-electron chi connectivity index (χ0n) is 17.9. The van der Waals surface area contributed by atoms with Crippen molar-refractivity contribution >= 4 is 11.9 Å². The highest BCUT2D eigenvalue weighted by Gasteiger charge is 2.23. The topological polar surface area (TPSA) is 77.0 Å². The SMILES string of the molecule is CCNC(=NCc1ccc(CN2CCCC2=O)cc1)NCC(C)(O)c1ccccc1.